The summed E-state index contributed by atoms with van der Waals surface area (Å²) >= 11 is 0. The number of rotatable bonds is 5. The van der Waals surface area contributed by atoms with Crippen molar-refractivity contribution in [1.82, 2.24) is 19.7 Å². The van der Waals surface area contributed by atoms with Crippen molar-refractivity contribution in [3.63, 3.8) is 0 Å². The lowest BCUT2D eigenvalue weighted by Crippen LogP contribution is -2.42. The molecule has 130 valence electrons. The number of hydrogen-bond donors (Lipinski definition) is 1. The zero-order valence-corrected chi connectivity index (χ0v) is 15.3. The smallest absolute Gasteiger partial charge is 0.147 e. The number of aryl methyl sites for hydroxylation is 2. The number of nitrogens with zero attached hydrogens (tertiary/aromatic N) is 4. The van der Waals surface area contributed by atoms with Crippen LogP contribution in [0.15, 0.2) is 24.3 Å². The predicted molar refractivity (Wildman–Crippen MR) is 98.4 cm³/mol. The minimum Gasteiger partial charge on any atom is -0.382 e. The molecule has 1 fully saturated rings. The molecule has 0 bridgehead atoms. The Morgan fingerprint density at radius 3 is 2.58 bits per heavy atom. The van der Waals surface area contributed by atoms with E-state index in [1.165, 1.54) is 37.2 Å². The molecule has 3 rings (SSSR count). The summed E-state index contributed by atoms with van der Waals surface area (Å²) in [5.41, 5.74) is 2.47. The molecule has 0 aliphatic carbocycles. The average molecular weight is 327 g/mol. The van der Waals surface area contributed by atoms with E-state index in [0.29, 0.717) is 12.1 Å². The van der Waals surface area contributed by atoms with Gasteiger partial charge in [-0.25, -0.2) is 9.67 Å². The maximum absolute atomic E-state index is 4.46. The second-order valence-corrected chi connectivity index (χ2v) is 7.11. The van der Waals surface area contributed by atoms with Crippen LogP contribution in [0.25, 0.3) is 0 Å². The van der Waals surface area contributed by atoms with Gasteiger partial charge in [-0.15, -0.1) is 0 Å². The largest absolute Gasteiger partial charge is 0.382 e. The average Bonchev–Trinajstić information content (AvgIpc) is 2.86. The van der Waals surface area contributed by atoms with E-state index in [9.17, 15) is 0 Å². The van der Waals surface area contributed by atoms with E-state index >= 15 is 0 Å². The molecule has 1 aromatic carbocycles. The van der Waals surface area contributed by atoms with E-state index in [1.807, 2.05) is 18.5 Å². The molecular weight excluding hydrogens is 298 g/mol. The van der Waals surface area contributed by atoms with Crippen molar-refractivity contribution in [2.24, 2.45) is 0 Å². The van der Waals surface area contributed by atoms with Crippen LogP contribution < -0.4 is 5.32 Å². The highest BCUT2D eigenvalue weighted by atomic mass is 15.3. The highest BCUT2D eigenvalue weighted by Gasteiger charge is 2.20. The number of hydrogen-bond acceptors (Lipinski definition) is 4. The molecule has 0 unspecified atom stereocenters. The molecule has 0 spiro atoms. The van der Waals surface area contributed by atoms with E-state index < -0.39 is 0 Å². The molecule has 0 saturated carbocycles. The third-order valence-electron chi connectivity index (χ3n) is 4.85. The Kier molecular flexibility index (Phi) is 5.19. The van der Waals surface area contributed by atoms with Gasteiger partial charge >= 0.3 is 0 Å². The third-order valence-corrected chi connectivity index (χ3v) is 4.85. The molecule has 1 aliphatic heterocycles. The highest BCUT2D eigenvalue weighted by molar-refractivity contribution is 5.46. The van der Waals surface area contributed by atoms with E-state index in [2.05, 4.69) is 58.4 Å². The molecule has 5 nitrogen and oxygen atoms in total. The molecular formula is C19H29N5. The van der Waals surface area contributed by atoms with Crippen LogP contribution >= 0.6 is 0 Å². The molecule has 5 heteroatoms. The molecule has 0 amide bonds. The lowest BCUT2D eigenvalue weighted by Gasteiger charge is -2.35. The van der Waals surface area contributed by atoms with Gasteiger partial charge in [0.1, 0.15) is 11.6 Å². The predicted octanol–water partition coefficient (Wildman–Crippen LogP) is 3.23. The van der Waals surface area contributed by atoms with Crippen molar-refractivity contribution < 1.29 is 0 Å². The normalized spacial score (nSPS) is 16.7. The van der Waals surface area contributed by atoms with Gasteiger partial charge in [-0.3, -0.25) is 0 Å². The minimum absolute atomic E-state index is 0.575. The molecule has 24 heavy (non-hydrogen) atoms. The van der Waals surface area contributed by atoms with Gasteiger partial charge in [0.2, 0.25) is 0 Å². The lowest BCUT2D eigenvalue weighted by molar-refractivity contribution is 0.177. The van der Waals surface area contributed by atoms with Crippen molar-refractivity contribution in [3.8, 4) is 0 Å². The summed E-state index contributed by atoms with van der Waals surface area (Å²) in [7, 11) is 0. The summed E-state index contributed by atoms with van der Waals surface area (Å²) in [6.07, 6.45) is 2.42. The summed E-state index contributed by atoms with van der Waals surface area (Å²) < 4.78 is 1.97. The molecule has 1 aromatic heterocycles. The van der Waals surface area contributed by atoms with Crippen LogP contribution in [0.3, 0.4) is 0 Å². The first-order valence-corrected chi connectivity index (χ1v) is 8.99. The number of aromatic nitrogens is 3. The molecule has 1 aliphatic rings. The van der Waals surface area contributed by atoms with Gasteiger partial charge < -0.3 is 10.2 Å². The van der Waals surface area contributed by atoms with Gasteiger partial charge in [0.05, 0.1) is 6.54 Å². The maximum atomic E-state index is 4.46. The van der Waals surface area contributed by atoms with Crippen molar-refractivity contribution >= 4 is 5.69 Å². The Morgan fingerprint density at radius 1 is 1.21 bits per heavy atom. The van der Waals surface area contributed by atoms with Crippen LogP contribution in [0.1, 0.15) is 43.9 Å². The SMILES string of the molecule is Cc1nc(C)n(Cc2cccc(NC3CCN(C(C)C)CC3)c2)n1. The van der Waals surface area contributed by atoms with Gasteiger partial charge in [0.25, 0.3) is 0 Å². The summed E-state index contributed by atoms with van der Waals surface area (Å²) in [6.45, 7) is 11.7. The van der Waals surface area contributed by atoms with E-state index in [1.54, 1.807) is 0 Å². The molecule has 2 aromatic rings. The zero-order chi connectivity index (χ0) is 17.1. The number of piperidine rings is 1. The fraction of sp³-hybridized carbons (Fsp3) is 0.579. The van der Waals surface area contributed by atoms with E-state index in [4.69, 9.17) is 0 Å². The fourth-order valence-electron chi connectivity index (χ4n) is 3.44. The quantitative estimate of drug-likeness (QED) is 0.916. The van der Waals surface area contributed by atoms with Crippen LogP contribution in [0, 0.1) is 13.8 Å². The number of anilines is 1. The molecule has 0 radical (unpaired) electrons. The van der Waals surface area contributed by atoms with E-state index in [0.717, 1.165) is 18.2 Å². The second-order valence-electron chi connectivity index (χ2n) is 7.11. The highest BCUT2D eigenvalue weighted by Crippen LogP contribution is 2.19. The maximum Gasteiger partial charge on any atom is 0.147 e. The van der Waals surface area contributed by atoms with Gasteiger partial charge in [-0.05, 0) is 58.2 Å². The topological polar surface area (TPSA) is 46.0 Å². The third kappa shape index (κ3) is 4.15. The summed E-state index contributed by atoms with van der Waals surface area (Å²) in [4.78, 5) is 6.94. The molecule has 1 saturated heterocycles. The summed E-state index contributed by atoms with van der Waals surface area (Å²) in [5.74, 6) is 1.80. The Balaban J connectivity index is 1.60. The van der Waals surface area contributed by atoms with Crippen molar-refractivity contribution in [1.29, 1.82) is 0 Å². The minimum atomic E-state index is 0.575. The Bertz CT molecular complexity index is 668. The van der Waals surface area contributed by atoms with Crippen molar-refractivity contribution in [2.75, 3.05) is 18.4 Å². The first-order valence-electron chi connectivity index (χ1n) is 8.99. The van der Waals surface area contributed by atoms with Crippen LogP contribution in [-0.4, -0.2) is 44.8 Å². The van der Waals surface area contributed by atoms with Crippen molar-refractivity contribution in [2.45, 2.75) is 59.2 Å². The van der Waals surface area contributed by atoms with Gasteiger partial charge in [0.15, 0.2) is 0 Å². The van der Waals surface area contributed by atoms with Crippen LogP contribution in [-0.2, 0) is 6.54 Å². The van der Waals surface area contributed by atoms with Crippen LogP contribution in [0.2, 0.25) is 0 Å². The van der Waals surface area contributed by atoms with Gasteiger partial charge in [-0.1, -0.05) is 12.1 Å². The zero-order valence-electron chi connectivity index (χ0n) is 15.3. The lowest BCUT2D eigenvalue weighted by atomic mass is 10.0. The first kappa shape index (κ1) is 17.0. The van der Waals surface area contributed by atoms with Gasteiger partial charge in [0, 0.05) is 30.9 Å². The summed E-state index contributed by atoms with van der Waals surface area (Å²) in [6, 6.07) is 9.92. The Labute approximate surface area is 145 Å². The first-order chi connectivity index (χ1) is 11.5. The molecule has 2 heterocycles. The summed E-state index contributed by atoms with van der Waals surface area (Å²) in [5, 5.41) is 8.17. The van der Waals surface area contributed by atoms with Gasteiger partial charge in [-0.2, -0.15) is 5.10 Å². The Morgan fingerprint density at radius 2 is 1.96 bits per heavy atom. The van der Waals surface area contributed by atoms with Crippen LogP contribution in [0.4, 0.5) is 5.69 Å². The second kappa shape index (κ2) is 7.34. The fourth-order valence-corrected chi connectivity index (χ4v) is 3.44. The monoisotopic (exact) mass is 327 g/mol. The number of benzene rings is 1. The Hall–Kier alpha value is -1.88. The molecule has 0 atom stereocenters. The number of nitrogens with one attached hydrogen (secondary N) is 1. The van der Waals surface area contributed by atoms with Crippen molar-refractivity contribution in [3.05, 3.63) is 41.5 Å². The molecule has 1 N–H and O–H groups in total. The van der Waals surface area contributed by atoms with Crippen LogP contribution in [0.5, 0.6) is 0 Å². The standard InChI is InChI=1S/C19H29N5/c1-14(2)23-10-8-18(9-11-23)21-19-7-5-6-17(12-19)13-24-16(4)20-15(3)22-24/h5-7,12,14,18,21H,8-11,13H2,1-4H3. The number of likely N-dealkylation sites (tertiary alicyclic amines) is 1. The van der Waals surface area contributed by atoms with E-state index in [-0.39, 0.29) is 0 Å².